The monoisotopic (exact) mass is 654 g/mol. The second-order valence-corrected chi connectivity index (χ2v) is 9.53. The molecular weight excluding hydrogens is 638 g/mol. The third-order valence-electron chi connectivity index (χ3n) is 5.84. The zero-order chi connectivity index (χ0) is 29.6. The number of aromatic amines is 1. The Hall–Kier alpha value is -4.83. The molecule has 2 aromatic heterocycles. The number of aromatic nitrogens is 2. The number of nitrogens with zero attached hydrogens (tertiary/aromatic N) is 5. The molecule has 0 unspecified atom stereocenters. The summed E-state index contributed by atoms with van der Waals surface area (Å²) in [6.07, 6.45) is 0. The van der Waals surface area contributed by atoms with Crippen LogP contribution < -0.4 is 15.8 Å². The molecule has 0 fully saturated rings. The number of pyridine rings is 2. The average molecular weight is 656 g/mol. The normalized spacial score (nSPS) is 11.0. The van der Waals surface area contributed by atoms with E-state index in [0.29, 0.717) is 43.2 Å². The number of H-pyrrole nitrogens is 1. The fraction of sp³-hybridized carbons (Fsp3) is 0. The van der Waals surface area contributed by atoms with E-state index in [1.807, 2.05) is 0 Å². The summed E-state index contributed by atoms with van der Waals surface area (Å²) in [5, 5.41) is 51.6. The van der Waals surface area contributed by atoms with Crippen LogP contribution in [0.3, 0.4) is 0 Å². The summed E-state index contributed by atoms with van der Waals surface area (Å²) in [5.74, 6) is -1.34. The molecule has 0 saturated heterocycles. The molecule has 10 nitrogen and oxygen atoms in total. The van der Waals surface area contributed by atoms with E-state index in [-0.39, 0.29) is 33.6 Å². The van der Waals surface area contributed by atoms with E-state index in [1.54, 1.807) is 97.1 Å². The van der Waals surface area contributed by atoms with Gasteiger partial charge in [0.1, 0.15) is 0 Å². The molecule has 216 valence electrons. The number of fused-ring (bicyclic) bond motifs is 2. The van der Waals surface area contributed by atoms with Crippen LogP contribution in [0.2, 0.25) is 10.0 Å². The molecule has 0 aliphatic rings. The molecule has 2 N–H and O–H groups in total. The maximum absolute atomic E-state index is 12.2. The molecule has 43 heavy (non-hydrogen) atoms. The van der Waals surface area contributed by atoms with E-state index in [1.165, 1.54) is 0 Å². The van der Waals surface area contributed by atoms with Gasteiger partial charge in [-0.2, -0.15) is 15.3 Å². The molecule has 0 amide bonds. The van der Waals surface area contributed by atoms with Crippen LogP contribution in [0.4, 0.5) is 22.7 Å². The maximum Gasteiger partial charge on any atom is 2.00 e. The quantitative estimate of drug-likeness (QED) is 0.146. The van der Waals surface area contributed by atoms with E-state index in [0.717, 1.165) is 0 Å². The number of azo groups is 2. The predicted molar refractivity (Wildman–Crippen MR) is 158 cm³/mol. The molecule has 4 aromatic carbocycles. The number of aromatic hydroxyl groups is 1. The fourth-order valence-corrected chi connectivity index (χ4v) is 4.03. The summed E-state index contributed by atoms with van der Waals surface area (Å²) in [6.45, 7) is 0. The van der Waals surface area contributed by atoms with Gasteiger partial charge in [-0.05, 0) is 72.1 Å². The van der Waals surface area contributed by atoms with Gasteiger partial charge < -0.3 is 20.3 Å². The standard InChI is InChI=1S/2C15H10ClN3O2.Ni/c2*16-9-5-7-10(8-6-9)18-19-13-14(20)11-3-1-2-4-12(11)17-15(13)21;/h2*1-8H,(H2,17,20,21);/q;;+2/p-2. The molecule has 6 aromatic rings. The fourth-order valence-electron chi connectivity index (χ4n) is 3.78. The van der Waals surface area contributed by atoms with E-state index < -0.39 is 17.2 Å². The van der Waals surface area contributed by atoms with Crippen LogP contribution in [-0.2, 0) is 16.5 Å². The first kappa shape index (κ1) is 31.1. The zero-order valence-electron chi connectivity index (χ0n) is 21.7. The maximum atomic E-state index is 12.2. The van der Waals surface area contributed by atoms with Gasteiger partial charge in [-0.15, -0.1) is 5.11 Å². The van der Waals surface area contributed by atoms with Crippen molar-refractivity contribution in [2.45, 2.75) is 0 Å². The Morgan fingerprint density at radius 3 is 1.79 bits per heavy atom. The summed E-state index contributed by atoms with van der Waals surface area (Å²) in [6, 6.07) is 26.8. The van der Waals surface area contributed by atoms with Gasteiger partial charge >= 0.3 is 16.5 Å². The second-order valence-electron chi connectivity index (χ2n) is 8.66. The van der Waals surface area contributed by atoms with Crippen LogP contribution in [0.15, 0.2) is 122 Å². The van der Waals surface area contributed by atoms with Crippen LogP contribution in [0.25, 0.3) is 21.8 Å². The number of benzene rings is 4. The zero-order valence-corrected chi connectivity index (χ0v) is 24.2. The van der Waals surface area contributed by atoms with Crippen molar-refractivity contribution in [3.63, 3.8) is 0 Å². The Morgan fingerprint density at radius 1 is 0.674 bits per heavy atom. The summed E-state index contributed by atoms with van der Waals surface area (Å²) < 4.78 is 0. The van der Waals surface area contributed by atoms with Crippen molar-refractivity contribution >= 4 is 67.8 Å². The molecule has 0 aliphatic carbocycles. The molecule has 6 rings (SSSR count). The summed E-state index contributed by atoms with van der Waals surface area (Å²) >= 11 is 11.5. The third-order valence-corrected chi connectivity index (χ3v) is 6.35. The van der Waals surface area contributed by atoms with Gasteiger partial charge in [0.15, 0.2) is 11.4 Å². The topological polar surface area (TPSA) is 162 Å². The first-order valence-corrected chi connectivity index (χ1v) is 13.0. The molecule has 2 heterocycles. The van der Waals surface area contributed by atoms with Gasteiger partial charge in [0.2, 0.25) is 0 Å². The SMILES string of the molecule is O=c1[nH]c2ccccc2c(O)c1N=Nc1ccc(Cl)cc1.[Ni+2].[O-]c1nc2ccccc2c([O-])c1N=Nc1ccc(Cl)cc1. The first-order chi connectivity index (χ1) is 20.3. The Morgan fingerprint density at radius 2 is 1.19 bits per heavy atom. The Kier molecular flexibility index (Phi) is 10.1. The van der Waals surface area contributed by atoms with E-state index >= 15 is 0 Å². The van der Waals surface area contributed by atoms with Crippen molar-refractivity contribution in [2.24, 2.45) is 20.5 Å². The van der Waals surface area contributed by atoms with Crippen LogP contribution in [-0.4, -0.2) is 15.1 Å². The summed E-state index contributed by atoms with van der Waals surface area (Å²) in [4.78, 5) is 18.4. The first-order valence-electron chi connectivity index (χ1n) is 12.3. The Balaban J connectivity index is 0.000000192. The van der Waals surface area contributed by atoms with Crippen molar-refractivity contribution in [1.82, 2.24) is 9.97 Å². The number of hydrogen-bond donors (Lipinski definition) is 2. The van der Waals surface area contributed by atoms with Crippen LogP contribution in [0.5, 0.6) is 17.4 Å². The molecule has 0 spiro atoms. The van der Waals surface area contributed by atoms with E-state index in [4.69, 9.17) is 23.2 Å². The van der Waals surface area contributed by atoms with E-state index in [2.05, 4.69) is 30.4 Å². The third kappa shape index (κ3) is 7.34. The number of halogens is 2. The molecule has 0 radical (unpaired) electrons. The second kappa shape index (κ2) is 13.9. The molecule has 0 atom stereocenters. The molecule has 13 heteroatoms. The van der Waals surface area contributed by atoms with Gasteiger partial charge in [0, 0.05) is 21.3 Å². The van der Waals surface area contributed by atoms with Gasteiger partial charge in [-0.3, -0.25) is 9.78 Å². The van der Waals surface area contributed by atoms with Crippen LogP contribution in [0.1, 0.15) is 0 Å². The van der Waals surface area contributed by atoms with Gasteiger partial charge in [0.25, 0.3) is 5.56 Å². The molecule has 0 saturated carbocycles. The number of hydrogen-bond acceptors (Lipinski definition) is 9. The van der Waals surface area contributed by atoms with Gasteiger partial charge in [0.05, 0.1) is 28.1 Å². The smallest absolute Gasteiger partial charge is 0.870 e. The van der Waals surface area contributed by atoms with Crippen molar-refractivity contribution in [3.8, 4) is 17.4 Å². The van der Waals surface area contributed by atoms with Crippen LogP contribution >= 0.6 is 23.2 Å². The van der Waals surface area contributed by atoms with Gasteiger partial charge in [-0.25, -0.2) is 0 Å². The molecule has 0 bridgehead atoms. The number of para-hydroxylation sites is 2. The minimum absolute atomic E-state index is 0. The molecular formula is C30H18Cl2N6NiO4. The minimum atomic E-state index is -0.684. The van der Waals surface area contributed by atoms with Crippen molar-refractivity contribution in [2.75, 3.05) is 0 Å². The van der Waals surface area contributed by atoms with Crippen molar-refractivity contribution in [3.05, 3.63) is 117 Å². The minimum Gasteiger partial charge on any atom is -0.870 e. The Bertz CT molecular complexity index is 2020. The number of nitrogens with one attached hydrogen (secondary N) is 1. The van der Waals surface area contributed by atoms with Crippen molar-refractivity contribution < 1.29 is 31.8 Å². The summed E-state index contributed by atoms with van der Waals surface area (Å²) in [7, 11) is 0. The van der Waals surface area contributed by atoms with E-state index in [9.17, 15) is 20.1 Å². The number of rotatable bonds is 4. The predicted octanol–water partition coefficient (Wildman–Crippen LogP) is 7.75. The average Bonchev–Trinajstić information content (AvgIpc) is 2.99. The van der Waals surface area contributed by atoms with Gasteiger partial charge in [-0.1, -0.05) is 59.3 Å². The van der Waals surface area contributed by atoms with Crippen LogP contribution in [0, 0.1) is 0 Å². The molecule has 0 aliphatic heterocycles. The summed E-state index contributed by atoms with van der Waals surface area (Å²) in [5.41, 5.74) is 1.03. The Labute approximate surface area is 264 Å². The van der Waals surface area contributed by atoms with Crippen molar-refractivity contribution in [1.29, 1.82) is 0 Å². The largest absolute Gasteiger partial charge is 2.00 e.